The number of hydrogen-bond donors (Lipinski definition) is 3. The highest BCUT2D eigenvalue weighted by atomic mass is 16.5. The summed E-state index contributed by atoms with van der Waals surface area (Å²) in [5.74, 6) is 0.754. The number of carbonyl (C=O) groups excluding carboxylic acids is 2. The Labute approximate surface area is 249 Å². The van der Waals surface area contributed by atoms with Crippen LogP contribution in [0.2, 0.25) is 0 Å². The van der Waals surface area contributed by atoms with Crippen molar-refractivity contribution in [1.29, 1.82) is 0 Å². The zero-order valence-electron chi connectivity index (χ0n) is 23.6. The Kier molecular flexibility index (Phi) is 9.40. The molecule has 0 saturated carbocycles. The van der Waals surface area contributed by atoms with Crippen LogP contribution in [-0.4, -0.2) is 42.1 Å². The molecular formula is C33H31N5O5. The van der Waals surface area contributed by atoms with E-state index in [1.165, 1.54) is 7.11 Å². The molecule has 0 atom stereocenters. The van der Waals surface area contributed by atoms with Crippen LogP contribution in [0.3, 0.4) is 0 Å². The van der Waals surface area contributed by atoms with E-state index in [0.29, 0.717) is 54.1 Å². The van der Waals surface area contributed by atoms with Crippen molar-refractivity contribution in [1.82, 2.24) is 9.97 Å². The molecule has 43 heavy (non-hydrogen) atoms. The first kappa shape index (κ1) is 29.0. The molecule has 2 amide bonds. The van der Waals surface area contributed by atoms with Gasteiger partial charge in [0.1, 0.15) is 11.5 Å². The van der Waals surface area contributed by atoms with Gasteiger partial charge in [-0.2, -0.15) is 0 Å². The number of hydrogen-bond acceptors (Lipinski definition) is 8. The SMILES string of the molecule is C=CC(=O)Nc1ccc(C(=O)Nc2cc3cc(c2)Nc2nccc(n2)-c2cccc(c2)OCC/C=C/COC3)cc1OC. The van der Waals surface area contributed by atoms with E-state index in [-0.39, 0.29) is 11.8 Å². The fraction of sp³-hybridized carbons (Fsp3) is 0.152. The second-order valence-electron chi connectivity index (χ2n) is 9.52. The minimum Gasteiger partial charge on any atom is -0.495 e. The molecule has 10 heteroatoms. The quantitative estimate of drug-likeness (QED) is 0.191. The summed E-state index contributed by atoms with van der Waals surface area (Å²) in [6.07, 6.45) is 7.57. The van der Waals surface area contributed by atoms with Crippen molar-refractivity contribution in [3.63, 3.8) is 0 Å². The first-order valence-corrected chi connectivity index (χ1v) is 13.6. The maximum atomic E-state index is 13.3. The standard InChI is InChI=1S/C33H31N5O5/c1-3-31(39)37-29-11-10-24(19-30(29)41-2)32(40)35-25-16-22-17-26(20-25)36-33-34-13-12-28(38-33)23-8-7-9-27(18-23)43-15-6-4-5-14-42-21-22/h3-5,7-13,16-20H,1,6,14-15,21H2,2H3,(H,35,40)(H,37,39)(H,34,36,38)/b5-4+. The van der Waals surface area contributed by atoms with Crippen LogP contribution in [0.15, 0.2) is 97.7 Å². The normalized spacial score (nSPS) is 13.6. The summed E-state index contributed by atoms with van der Waals surface area (Å²) in [6.45, 7) is 4.74. The molecule has 0 saturated heterocycles. The minimum atomic E-state index is -0.384. The highest BCUT2D eigenvalue weighted by Crippen LogP contribution is 2.28. The third-order valence-corrected chi connectivity index (χ3v) is 6.40. The van der Waals surface area contributed by atoms with Crippen molar-refractivity contribution in [2.24, 2.45) is 0 Å². The van der Waals surface area contributed by atoms with Crippen LogP contribution in [0.1, 0.15) is 22.3 Å². The predicted molar refractivity (Wildman–Crippen MR) is 166 cm³/mol. The van der Waals surface area contributed by atoms with Crippen molar-refractivity contribution >= 4 is 34.8 Å². The van der Waals surface area contributed by atoms with Gasteiger partial charge in [0, 0.05) is 28.7 Å². The largest absolute Gasteiger partial charge is 0.495 e. The van der Waals surface area contributed by atoms with Crippen molar-refractivity contribution < 1.29 is 23.8 Å². The zero-order valence-corrected chi connectivity index (χ0v) is 23.6. The lowest BCUT2D eigenvalue weighted by atomic mass is 10.1. The molecule has 0 fully saturated rings. The number of fused-ring (bicyclic) bond motifs is 7. The van der Waals surface area contributed by atoms with Gasteiger partial charge in [0.15, 0.2) is 0 Å². The number of aromatic nitrogens is 2. The molecule has 2 heterocycles. The second-order valence-corrected chi connectivity index (χ2v) is 9.52. The highest BCUT2D eigenvalue weighted by molar-refractivity contribution is 6.06. The number of nitrogens with zero attached hydrogens (tertiary/aromatic N) is 2. The molecule has 1 aliphatic heterocycles. The van der Waals surface area contributed by atoms with Gasteiger partial charge < -0.3 is 30.2 Å². The van der Waals surface area contributed by atoms with Gasteiger partial charge in [0.05, 0.1) is 38.3 Å². The van der Waals surface area contributed by atoms with Crippen LogP contribution < -0.4 is 25.4 Å². The molecule has 1 aliphatic rings. The molecule has 3 N–H and O–H groups in total. The van der Waals surface area contributed by atoms with E-state index in [9.17, 15) is 9.59 Å². The first-order chi connectivity index (χ1) is 21.0. The first-order valence-electron chi connectivity index (χ1n) is 13.6. The van der Waals surface area contributed by atoms with E-state index in [1.54, 1.807) is 30.5 Å². The molecule has 10 nitrogen and oxygen atoms in total. The number of amides is 2. The molecule has 3 aromatic carbocycles. The summed E-state index contributed by atoms with van der Waals surface area (Å²) in [5, 5.41) is 8.86. The third-order valence-electron chi connectivity index (χ3n) is 6.40. The van der Waals surface area contributed by atoms with E-state index in [2.05, 4.69) is 27.5 Å². The Morgan fingerprint density at radius 2 is 1.95 bits per heavy atom. The van der Waals surface area contributed by atoms with Crippen LogP contribution in [0.4, 0.5) is 23.0 Å². The maximum absolute atomic E-state index is 13.3. The number of nitrogens with one attached hydrogen (secondary N) is 3. The number of ether oxygens (including phenoxy) is 3. The molecule has 0 aliphatic carbocycles. The summed E-state index contributed by atoms with van der Waals surface area (Å²) in [5.41, 5.74) is 4.46. The fourth-order valence-electron chi connectivity index (χ4n) is 4.37. The van der Waals surface area contributed by atoms with Gasteiger partial charge in [-0.05, 0) is 72.7 Å². The Balaban J connectivity index is 1.42. The van der Waals surface area contributed by atoms with Gasteiger partial charge >= 0.3 is 0 Å². The lowest BCUT2D eigenvalue weighted by Crippen LogP contribution is -2.14. The van der Waals surface area contributed by atoms with E-state index in [1.807, 2.05) is 54.6 Å². The average Bonchev–Trinajstić information content (AvgIpc) is 3.02. The lowest BCUT2D eigenvalue weighted by Gasteiger charge is -2.14. The van der Waals surface area contributed by atoms with Crippen LogP contribution in [0.5, 0.6) is 11.5 Å². The van der Waals surface area contributed by atoms with Gasteiger partial charge in [-0.1, -0.05) is 30.9 Å². The van der Waals surface area contributed by atoms with E-state index in [0.717, 1.165) is 35.1 Å². The number of carbonyl (C=O) groups is 2. The van der Waals surface area contributed by atoms with Crippen molar-refractivity contribution in [3.05, 3.63) is 109 Å². The molecule has 218 valence electrons. The molecule has 0 unspecified atom stereocenters. The average molecular weight is 578 g/mol. The summed E-state index contributed by atoms with van der Waals surface area (Å²) in [7, 11) is 1.46. The van der Waals surface area contributed by atoms with E-state index < -0.39 is 0 Å². The van der Waals surface area contributed by atoms with Crippen LogP contribution >= 0.6 is 0 Å². The zero-order chi connectivity index (χ0) is 30.0. The molecule has 5 rings (SSSR count). The van der Waals surface area contributed by atoms with E-state index in [4.69, 9.17) is 19.2 Å². The number of anilines is 4. The number of methoxy groups -OCH3 is 1. The topological polar surface area (TPSA) is 124 Å². The molecule has 0 spiro atoms. The monoisotopic (exact) mass is 577 g/mol. The van der Waals surface area contributed by atoms with Gasteiger partial charge in [-0.25, -0.2) is 9.97 Å². The lowest BCUT2D eigenvalue weighted by molar-refractivity contribution is -0.111. The molecule has 6 bridgehead atoms. The summed E-state index contributed by atoms with van der Waals surface area (Å²) < 4.78 is 17.1. The van der Waals surface area contributed by atoms with Gasteiger partial charge in [0.25, 0.3) is 5.91 Å². The minimum absolute atomic E-state index is 0.316. The Hall–Kier alpha value is -5.48. The number of rotatable bonds is 5. The fourth-order valence-corrected chi connectivity index (χ4v) is 4.37. The van der Waals surface area contributed by atoms with Gasteiger partial charge in [-0.15, -0.1) is 0 Å². The van der Waals surface area contributed by atoms with Gasteiger partial charge in [0.2, 0.25) is 11.9 Å². The van der Waals surface area contributed by atoms with Crippen molar-refractivity contribution in [2.75, 3.05) is 36.3 Å². The third kappa shape index (κ3) is 7.84. The van der Waals surface area contributed by atoms with Crippen LogP contribution in [0.25, 0.3) is 11.3 Å². The Morgan fingerprint density at radius 3 is 2.81 bits per heavy atom. The second kappa shape index (κ2) is 13.9. The van der Waals surface area contributed by atoms with E-state index >= 15 is 0 Å². The summed E-state index contributed by atoms with van der Waals surface area (Å²) >= 11 is 0. The summed E-state index contributed by atoms with van der Waals surface area (Å²) in [6, 6.07) is 19.9. The Bertz CT molecular complexity index is 1670. The molecule has 0 radical (unpaired) electrons. The highest BCUT2D eigenvalue weighted by Gasteiger charge is 2.14. The van der Waals surface area contributed by atoms with Crippen molar-refractivity contribution in [2.45, 2.75) is 13.0 Å². The molecule has 4 aromatic rings. The van der Waals surface area contributed by atoms with Gasteiger partial charge in [-0.3, -0.25) is 9.59 Å². The van der Waals surface area contributed by atoms with Crippen LogP contribution in [-0.2, 0) is 16.1 Å². The van der Waals surface area contributed by atoms with Crippen LogP contribution in [0, 0.1) is 0 Å². The van der Waals surface area contributed by atoms with Crippen molar-refractivity contribution in [3.8, 4) is 22.8 Å². The summed E-state index contributed by atoms with van der Waals surface area (Å²) in [4.78, 5) is 34.1. The molecule has 1 aromatic heterocycles. The predicted octanol–water partition coefficient (Wildman–Crippen LogP) is 6.13. The smallest absolute Gasteiger partial charge is 0.255 e. The Morgan fingerprint density at radius 1 is 1.05 bits per heavy atom. The molecular weight excluding hydrogens is 546 g/mol. The number of benzene rings is 3. The maximum Gasteiger partial charge on any atom is 0.255 e.